The highest BCUT2D eigenvalue weighted by atomic mass is 32.2. The highest BCUT2D eigenvalue weighted by molar-refractivity contribution is 7.89. The minimum Gasteiger partial charge on any atom is -0.497 e. The third kappa shape index (κ3) is 5.57. The largest absolute Gasteiger partial charge is 0.497 e. The number of methoxy groups -OCH3 is 1. The van der Waals surface area contributed by atoms with Crippen LogP contribution in [0.15, 0.2) is 53.4 Å². The van der Waals surface area contributed by atoms with Crippen molar-refractivity contribution < 1.29 is 17.9 Å². The Bertz CT molecular complexity index is 1040. The SMILES string of the molecule is COc1cccc([C@@H](CNC(=O)c2ccc(S(=O)(=O)N3CCCCC3)cc2)N2CCCC2)c1. The number of ether oxygens (including phenoxy) is 1. The monoisotopic (exact) mass is 471 g/mol. The lowest BCUT2D eigenvalue weighted by Gasteiger charge is -2.28. The third-order valence-corrected chi connectivity index (χ3v) is 8.50. The van der Waals surface area contributed by atoms with Gasteiger partial charge in [0.2, 0.25) is 10.0 Å². The summed E-state index contributed by atoms with van der Waals surface area (Å²) in [7, 11) is -1.85. The molecule has 2 aliphatic heterocycles. The molecule has 0 radical (unpaired) electrons. The van der Waals surface area contributed by atoms with Gasteiger partial charge in [-0.2, -0.15) is 4.31 Å². The molecule has 0 bridgehead atoms. The molecule has 4 rings (SSSR count). The molecule has 2 saturated heterocycles. The number of benzene rings is 2. The summed E-state index contributed by atoms with van der Waals surface area (Å²) in [6, 6.07) is 14.3. The van der Waals surface area contributed by atoms with E-state index >= 15 is 0 Å². The zero-order chi connectivity index (χ0) is 23.3. The predicted molar refractivity (Wildman–Crippen MR) is 128 cm³/mol. The molecule has 0 spiro atoms. The summed E-state index contributed by atoms with van der Waals surface area (Å²) in [5, 5.41) is 3.05. The first-order valence-corrected chi connectivity index (χ1v) is 13.2. The van der Waals surface area contributed by atoms with Crippen molar-refractivity contribution in [2.24, 2.45) is 0 Å². The maximum atomic E-state index is 12.9. The fourth-order valence-electron chi connectivity index (χ4n) is 4.68. The van der Waals surface area contributed by atoms with Gasteiger partial charge in [0.05, 0.1) is 18.0 Å². The molecule has 2 heterocycles. The molecule has 0 aliphatic carbocycles. The van der Waals surface area contributed by atoms with Crippen LogP contribution in [-0.4, -0.2) is 63.4 Å². The van der Waals surface area contributed by atoms with Gasteiger partial charge in [-0.3, -0.25) is 9.69 Å². The third-order valence-electron chi connectivity index (χ3n) is 6.59. The second-order valence-electron chi connectivity index (χ2n) is 8.73. The number of nitrogens with one attached hydrogen (secondary N) is 1. The summed E-state index contributed by atoms with van der Waals surface area (Å²) in [5.74, 6) is 0.595. The van der Waals surface area contributed by atoms with Crippen LogP contribution < -0.4 is 10.1 Å². The van der Waals surface area contributed by atoms with Crippen molar-refractivity contribution in [2.45, 2.75) is 43.0 Å². The quantitative estimate of drug-likeness (QED) is 0.638. The number of likely N-dealkylation sites (tertiary alicyclic amines) is 1. The molecule has 1 amide bonds. The van der Waals surface area contributed by atoms with Crippen LogP contribution in [0.3, 0.4) is 0 Å². The summed E-state index contributed by atoms with van der Waals surface area (Å²) in [6.45, 7) is 3.60. The van der Waals surface area contributed by atoms with Crippen molar-refractivity contribution in [1.82, 2.24) is 14.5 Å². The van der Waals surface area contributed by atoms with Crippen molar-refractivity contribution >= 4 is 15.9 Å². The van der Waals surface area contributed by atoms with E-state index < -0.39 is 10.0 Å². The van der Waals surface area contributed by atoms with Crippen molar-refractivity contribution in [3.63, 3.8) is 0 Å². The number of sulfonamides is 1. The fourth-order valence-corrected chi connectivity index (χ4v) is 6.20. The molecule has 33 heavy (non-hydrogen) atoms. The zero-order valence-electron chi connectivity index (χ0n) is 19.2. The Balaban J connectivity index is 1.44. The maximum absolute atomic E-state index is 12.9. The Labute approximate surface area is 196 Å². The fraction of sp³-hybridized carbons (Fsp3) is 0.480. The Hall–Kier alpha value is -2.42. The number of amides is 1. The van der Waals surface area contributed by atoms with E-state index in [1.54, 1.807) is 35.7 Å². The van der Waals surface area contributed by atoms with Crippen LogP contribution in [0.4, 0.5) is 0 Å². The maximum Gasteiger partial charge on any atom is 0.251 e. The summed E-state index contributed by atoms with van der Waals surface area (Å²) >= 11 is 0. The van der Waals surface area contributed by atoms with Gasteiger partial charge in [0, 0.05) is 25.2 Å². The minimum absolute atomic E-state index is 0.0605. The van der Waals surface area contributed by atoms with Gasteiger partial charge in [0.1, 0.15) is 5.75 Å². The van der Waals surface area contributed by atoms with E-state index in [1.807, 2.05) is 18.2 Å². The second kappa shape index (κ2) is 10.7. The highest BCUT2D eigenvalue weighted by Gasteiger charge is 2.27. The molecular weight excluding hydrogens is 438 g/mol. The van der Waals surface area contributed by atoms with E-state index in [0.717, 1.165) is 56.5 Å². The van der Waals surface area contributed by atoms with Crippen molar-refractivity contribution in [1.29, 1.82) is 0 Å². The van der Waals surface area contributed by atoms with Crippen LogP contribution in [0.1, 0.15) is 54.1 Å². The van der Waals surface area contributed by atoms with Crippen LogP contribution in [0.2, 0.25) is 0 Å². The molecule has 2 fully saturated rings. The summed E-state index contributed by atoms with van der Waals surface area (Å²) < 4.78 is 32.6. The van der Waals surface area contributed by atoms with Gasteiger partial charge >= 0.3 is 0 Å². The summed E-state index contributed by atoms with van der Waals surface area (Å²) in [5.41, 5.74) is 1.57. The van der Waals surface area contributed by atoms with E-state index in [1.165, 1.54) is 0 Å². The Morgan fingerprint density at radius 1 is 0.970 bits per heavy atom. The summed E-state index contributed by atoms with van der Waals surface area (Å²) in [4.78, 5) is 15.5. The van der Waals surface area contributed by atoms with Gasteiger partial charge in [-0.15, -0.1) is 0 Å². The van der Waals surface area contributed by atoms with Gasteiger partial charge in [-0.25, -0.2) is 8.42 Å². The molecule has 8 heteroatoms. The highest BCUT2D eigenvalue weighted by Crippen LogP contribution is 2.27. The van der Waals surface area contributed by atoms with Gasteiger partial charge < -0.3 is 10.1 Å². The van der Waals surface area contributed by atoms with Gasteiger partial charge in [-0.1, -0.05) is 18.6 Å². The number of carbonyl (C=O) groups is 1. The van der Waals surface area contributed by atoms with Crippen LogP contribution >= 0.6 is 0 Å². The molecule has 178 valence electrons. The van der Waals surface area contributed by atoms with Crippen LogP contribution in [0.25, 0.3) is 0 Å². The average Bonchev–Trinajstić information content (AvgIpc) is 3.39. The van der Waals surface area contributed by atoms with Crippen LogP contribution in [-0.2, 0) is 10.0 Å². The molecule has 2 aromatic carbocycles. The number of rotatable bonds is 8. The Morgan fingerprint density at radius 3 is 2.30 bits per heavy atom. The molecule has 0 saturated carbocycles. The van der Waals surface area contributed by atoms with E-state index in [4.69, 9.17) is 4.74 Å². The standard InChI is InChI=1S/C25H33N3O4S/c1-32-22-9-7-8-21(18-22)24(27-14-5-6-15-27)19-26-25(29)20-10-12-23(13-11-20)33(30,31)28-16-3-2-4-17-28/h7-13,18,24H,2-6,14-17,19H2,1H3,(H,26,29)/t24-/m1/s1. The molecule has 0 unspecified atom stereocenters. The van der Waals surface area contributed by atoms with Crippen molar-refractivity contribution in [3.8, 4) is 5.75 Å². The van der Waals surface area contributed by atoms with Crippen molar-refractivity contribution in [2.75, 3.05) is 39.8 Å². The molecule has 2 aliphatic rings. The number of hydrogen-bond donors (Lipinski definition) is 1. The average molecular weight is 472 g/mol. The number of hydrogen-bond acceptors (Lipinski definition) is 5. The topological polar surface area (TPSA) is 78.9 Å². The van der Waals surface area contributed by atoms with Gasteiger partial charge in [0.15, 0.2) is 0 Å². The van der Waals surface area contributed by atoms with Crippen molar-refractivity contribution in [3.05, 3.63) is 59.7 Å². The molecule has 0 aromatic heterocycles. The lowest BCUT2D eigenvalue weighted by atomic mass is 10.0. The summed E-state index contributed by atoms with van der Waals surface area (Å²) in [6.07, 6.45) is 5.17. The first kappa shape index (κ1) is 23.7. The molecule has 1 N–H and O–H groups in total. The Morgan fingerprint density at radius 2 is 1.64 bits per heavy atom. The van der Waals surface area contributed by atoms with E-state index in [9.17, 15) is 13.2 Å². The van der Waals surface area contributed by atoms with Crippen LogP contribution in [0, 0.1) is 0 Å². The van der Waals surface area contributed by atoms with E-state index in [-0.39, 0.29) is 16.8 Å². The second-order valence-corrected chi connectivity index (χ2v) is 10.7. The normalized spacial score (nSPS) is 18.7. The smallest absolute Gasteiger partial charge is 0.251 e. The molecular formula is C25H33N3O4S. The predicted octanol–water partition coefficient (Wildman–Crippen LogP) is 3.44. The zero-order valence-corrected chi connectivity index (χ0v) is 20.0. The number of carbonyl (C=O) groups excluding carboxylic acids is 1. The minimum atomic E-state index is -3.50. The first-order chi connectivity index (χ1) is 16.0. The molecule has 2 aromatic rings. The lowest BCUT2D eigenvalue weighted by Crippen LogP contribution is -2.37. The van der Waals surface area contributed by atoms with Gasteiger partial charge in [-0.05, 0) is 80.7 Å². The molecule has 7 nitrogen and oxygen atoms in total. The molecule has 1 atom stereocenters. The van der Waals surface area contributed by atoms with E-state index in [0.29, 0.717) is 25.2 Å². The Kier molecular flexibility index (Phi) is 7.67. The van der Waals surface area contributed by atoms with Gasteiger partial charge in [0.25, 0.3) is 5.91 Å². The number of piperidine rings is 1. The number of nitrogens with zero attached hydrogens (tertiary/aromatic N) is 2. The lowest BCUT2D eigenvalue weighted by molar-refractivity contribution is 0.0938. The van der Waals surface area contributed by atoms with E-state index in [2.05, 4.69) is 16.3 Å². The first-order valence-electron chi connectivity index (χ1n) is 11.8. The van der Waals surface area contributed by atoms with Crippen LogP contribution in [0.5, 0.6) is 5.75 Å².